The first-order valence-electron chi connectivity index (χ1n) is 3.34. The molecule has 0 N–H and O–H groups in total. The highest BCUT2D eigenvalue weighted by Crippen LogP contribution is 2.11. The van der Waals surface area contributed by atoms with Crippen molar-refractivity contribution in [1.29, 1.82) is 0 Å². The van der Waals surface area contributed by atoms with Gasteiger partial charge in [-0.15, -0.1) is 0 Å². The van der Waals surface area contributed by atoms with Crippen molar-refractivity contribution < 1.29 is 9.08 Å². The highest BCUT2D eigenvalue weighted by molar-refractivity contribution is 6.16. The Morgan fingerprint density at radius 1 is 1.50 bits per heavy atom. The van der Waals surface area contributed by atoms with Gasteiger partial charge in [0.25, 0.3) is 0 Å². The normalized spacial score (nSPS) is 9.08. The van der Waals surface area contributed by atoms with Gasteiger partial charge in [0.05, 0.1) is 5.56 Å². The lowest BCUT2D eigenvalue weighted by atomic mass is 10.1. The highest BCUT2D eigenvalue weighted by Gasteiger charge is 2.08. The molecule has 0 fully saturated rings. The maximum absolute atomic E-state index is 11.0. The van der Waals surface area contributed by atoms with E-state index in [4.69, 9.17) is 11.9 Å². The van der Waals surface area contributed by atoms with Crippen LogP contribution in [0.2, 0.25) is 0 Å². The van der Waals surface area contributed by atoms with E-state index in [2.05, 4.69) is 10.9 Å². The summed E-state index contributed by atoms with van der Waals surface area (Å²) < 4.78 is 4.06. The fraction of sp³-hybridized carbons (Fsp3) is 0. The fourth-order valence-corrected chi connectivity index (χ4v) is 0.986. The molecule has 0 aliphatic heterocycles. The molecule has 3 heteroatoms. The largest absolute Gasteiger partial charge is 0.356 e. The van der Waals surface area contributed by atoms with E-state index in [0.717, 1.165) is 0 Å². The molecule has 0 saturated carbocycles. The van der Waals surface area contributed by atoms with Gasteiger partial charge in [0, 0.05) is 0 Å². The van der Waals surface area contributed by atoms with Gasteiger partial charge in [-0.1, -0.05) is 30.9 Å². The number of hydrogen-bond donors (Lipinski definition) is 0. The van der Waals surface area contributed by atoms with Crippen molar-refractivity contribution in [3.63, 3.8) is 0 Å². The molecule has 0 amide bonds. The van der Waals surface area contributed by atoms with Crippen LogP contribution in [0.4, 0.5) is 0 Å². The van der Waals surface area contributed by atoms with Crippen LogP contribution in [-0.2, 0) is 4.29 Å². The van der Waals surface area contributed by atoms with Crippen molar-refractivity contribution in [3.8, 4) is 0 Å². The maximum atomic E-state index is 11.0. The van der Waals surface area contributed by atoms with Crippen LogP contribution in [0.5, 0.6) is 0 Å². The van der Waals surface area contributed by atoms with Crippen LogP contribution in [0.15, 0.2) is 30.8 Å². The van der Waals surface area contributed by atoms with E-state index >= 15 is 0 Å². The number of carbonyl (C=O) groups excluding carboxylic acids is 1. The highest BCUT2D eigenvalue weighted by atomic mass is 35.5. The van der Waals surface area contributed by atoms with Gasteiger partial charge in [-0.05, 0) is 11.6 Å². The molecule has 1 aromatic carbocycles. The Kier molecular flexibility index (Phi) is 2.88. The lowest BCUT2D eigenvalue weighted by Crippen LogP contribution is -1.99. The third-order valence-electron chi connectivity index (χ3n) is 1.47. The van der Waals surface area contributed by atoms with E-state index in [1.165, 1.54) is 0 Å². The SMILES string of the molecule is C=Cc1ccccc1C(=O)OCl. The summed E-state index contributed by atoms with van der Waals surface area (Å²) >= 11 is 4.93. The summed E-state index contributed by atoms with van der Waals surface area (Å²) in [7, 11) is 0. The van der Waals surface area contributed by atoms with Crippen molar-refractivity contribution in [2.24, 2.45) is 0 Å². The molecule has 0 saturated heterocycles. The van der Waals surface area contributed by atoms with Gasteiger partial charge in [0.1, 0.15) is 11.9 Å². The first-order chi connectivity index (χ1) is 5.79. The summed E-state index contributed by atoms with van der Waals surface area (Å²) in [6.45, 7) is 3.56. The van der Waals surface area contributed by atoms with Crippen molar-refractivity contribution in [1.82, 2.24) is 0 Å². The minimum Gasteiger partial charge on any atom is -0.343 e. The Hall–Kier alpha value is -1.28. The number of benzene rings is 1. The predicted molar refractivity (Wildman–Crippen MR) is 47.8 cm³/mol. The van der Waals surface area contributed by atoms with E-state index < -0.39 is 5.97 Å². The van der Waals surface area contributed by atoms with Gasteiger partial charge in [0.2, 0.25) is 0 Å². The van der Waals surface area contributed by atoms with Gasteiger partial charge < -0.3 is 4.29 Å². The molecule has 1 aromatic rings. The Bertz CT molecular complexity index is 307. The van der Waals surface area contributed by atoms with Gasteiger partial charge in [0.15, 0.2) is 0 Å². The molecule has 0 spiro atoms. The molecule has 0 radical (unpaired) electrons. The number of rotatable bonds is 2. The second-order valence-electron chi connectivity index (χ2n) is 2.16. The van der Waals surface area contributed by atoms with Crippen LogP contribution >= 0.6 is 11.9 Å². The molecule has 1 rings (SSSR count). The molecule has 0 unspecified atom stereocenters. The van der Waals surface area contributed by atoms with Gasteiger partial charge >= 0.3 is 5.97 Å². The predicted octanol–water partition coefficient (Wildman–Crippen LogP) is 2.64. The van der Waals surface area contributed by atoms with E-state index in [1.54, 1.807) is 24.3 Å². The summed E-state index contributed by atoms with van der Waals surface area (Å²) in [5.74, 6) is -0.563. The molecule has 0 heterocycles. The third-order valence-corrected chi connectivity index (χ3v) is 1.61. The zero-order chi connectivity index (χ0) is 8.97. The van der Waals surface area contributed by atoms with Crippen LogP contribution < -0.4 is 0 Å². The van der Waals surface area contributed by atoms with E-state index in [9.17, 15) is 4.79 Å². The fourth-order valence-electron chi connectivity index (χ4n) is 0.902. The Labute approximate surface area is 75.6 Å². The average Bonchev–Trinajstić information content (AvgIpc) is 2.16. The zero-order valence-corrected chi connectivity index (χ0v) is 7.04. The molecule has 62 valence electrons. The standard InChI is InChI=1S/C9H7ClO2/c1-2-7-5-3-4-6-8(7)9(11)12-10/h2-6H,1H2. The second-order valence-corrected chi connectivity index (χ2v) is 2.31. The van der Waals surface area contributed by atoms with Gasteiger partial charge in [-0.2, -0.15) is 0 Å². The average molecular weight is 183 g/mol. The lowest BCUT2D eigenvalue weighted by Gasteiger charge is -1.99. The Morgan fingerprint density at radius 3 is 2.75 bits per heavy atom. The molecular weight excluding hydrogens is 176 g/mol. The summed E-state index contributed by atoms with van der Waals surface area (Å²) in [6, 6.07) is 6.93. The van der Waals surface area contributed by atoms with Crippen molar-refractivity contribution in [2.45, 2.75) is 0 Å². The summed E-state index contributed by atoms with van der Waals surface area (Å²) in [6.07, 6.45) is 1.57. The smallest absolute Gasteiger partial charge is 0.343 e. The monoisotopic (exact) mass is 182 g/mol. The van der Waals surface area contributed by atoms with E-state index in [1.807, 2.05) is 6.07 Å². The minimum atomic E-state index is -0.563. The first-order valence-corrected chi connectivity index (χ1v) is 3.65. The van der Waals surface area contributed by atoms with Gasteiger partial charge in [-0.25, -0.2) is 4.79 Å². The molecule has 0 bridgehead atoms. The summed E-state index contributed by atoms with van der Waals surface area (Å²) in [4.78, 5) is 11.0. The quantitative estimate of drug-likeness (QED) is 0.703. The topological polar surface area (TPSA) is 26.3 Å². The van der Waals surface area contributed by atoms with Crippen molar-refractivity contribution in [2.75, 3.05) is 0 Å². The molecular formula is C9H7ClO2. The zero-order valence-electron chi connectivity index (χ0n) is 6.29. The van der Waals surface area contributed by atoms with Gasteiger partial charge in [-0.3, -0.25) is 0 Å². The van der Waals surface area contributed by atoms with E-state index in [0.29, 0.717) is 11.1 Å². The third kappa shape index (κ3) is 1.66. The minimum absolute atomic E-state index is 0.419. The van der Waals surface area contributed by atoms with Crippen molar-refractivity contribution >= 4 is 23.9 Å². The van der Waals surface area contributed by atoms with Crippen LogP contribution in [-0.4, -0.2) is 5.97 Å². The van der Waals surface area contributed by atoms with Crippen LogP contribution in [0, 0.1) is 0 Å². The van der Waals surface area contributed by atoms with Crippen molar-refractivity contribution in [3.05, 3.63) is 42.0 Å². The number of carbonyl (C=O) groups is 1. The van der Waals surface area contributed by atoms with Crippen LogP contribution in [0.25, 0.3) is 6.08 Å². The molecule has 0 atom stereocenters. The number of halogens is 1. The summed E-state index contributed by atoms with van der Waals surface area (Å²) in [5.41, 5.74) is 1.13. The summed E-state index contributed by atoms with van der Waals surface area (Å²) in [5, 5.41) is 0. The first kappa shape index (κ1) is 8.81. The molecule has 0 aliphatic carbocycles. The Morgan fingerprint density at radius 2 is 2.17 bits per heavy atom. The maximum Gasteiger partial charge on any atom is 0.356 e. The van der Waals surface area contributed by atoms with Crippen LogP contribution in [0.1, 0.15) is 15.9 Å². The van der Waals surface area contributed by atoms with E-state index in [-0.39, 0.29) is 0 Å². The second kappa shape index (κ2) is 3.93. The molecule has 0 aliphatic rings. The molecule has 0 aromatic heterocycles. The molecule has 2 nitrogen and oxygen atoms in total. The lowest BCUT2D eigenvalue weighted by molar-refractivity contribution is 0.0751. The van der Waals surface area contributed by atoms with Crippen LogP contribution in [0.3, 0.4) is 0 Å². The number of hydrogen-bond acceptors (Lipinski definition) is 2. The Balaban J connectivity index is 3.13. The molecule has 12 heavy (non-hydrogen) atoms.